The molecule has 1 saturated heterocycles. The Hall–Kier alpha value is -0.840. The lowest BCUT2D eigenvalue weighted by Crippen LogP contribution is -2.46. The zero-order valence-corrected chi connectivity index (χ0v) is 11.9. The highest BCUT2D eigenvalue weighted by atomic mass is 35.5. The van der Waals surface area contributed by atoms with E-state index in [2.05, 4.69) is 22.5 Å². The van der Waals surface area contributed by atoms with Crippen molar-refractivity contribution in [2.24, 2.45) is 0 Å². The number of aromatic nitrogens is 1. The van der Waals surface area contributed by atoms with Gasteiger partial charge in [0, 0.05) is 24.5 Å². The number of carbonyl (C=O) groups excluding carboxylic acids is 1. The standard InChI is InChI=1S/C12H17N3O.2ClH/c1-9-7-11(4-6-14-9)15-12(16)10-3-2-5-13-8-10;;/h2-3,5,8-9,11,14H,4,6-7H2,1H3,(H,15,16);2*1H. The summed E-state index contributed by atoms with van der Waals surface area (Å²) in [5, 5.41) is 6.41. The van der Waals surface area contributed by atoms with E-state index in [-0.39, 0.29) is 36.8 Å². The second-order valence-electron chi connectivity index (χ2n) is 4.29. The number of nitrogens with one attached hydrogen (secondary N) is 2. The normalized spacial score (nSPS) is 22.3. The van der Waals surface area contributed by atoms with Crippen LogP contribution in [0.15, 0.2) is 24.5 Å². The smallest absolute Gasteiger partial charge is 0.253 e. The molecule has 0 spiro atoms. The van der Waals surface area contributed by atoms with Crippen LogP contribution in [-0.2, 0) is 0 Å². The van der Waals surface area contributed by atoms with Crippen molar-refractivity contribution in [1.82, 2.24) is 15.6 Å². The molecule has 2 heterocycles. The Balaban J connectivity index is 0.00000144. The molecule has 1 fully saturated rings. The Morgan fingerprint density at radius 2 is 2.28 bits per heavy atom. The van der Waals surface area contributed by atoms with Crippen LogP contribution >= 0.6 is 24.8 Å². The van der Waals surface area contributed by atoms with E-state index in [1.165, 1.54) is 0 Å². The minimum absolute atomic E-state index is 0. The highest BCUT2D eigenvalue weighted by molar-refractivity contribution is 5.94. The minimum atomic E-state index is -0.0211. The number of amides is 1. The van der Waals surface area contributed by atoms with Gasteiger partial charge in [-0.1, -0.05) is 0 Å². The maximum Gasteiger partial charge on any atom is 0.253 e. The molecule has 2 unspecified atom stereocenters. The van der Waals surface area contributed by atoms with Gasteiger partial charge in [-0.15, -0.1) is 24.8 Å². The molecule has 0 bridgehead atoms. The van der Waals surface area contributed by atoms with E-state index in [9.17, 15) is 4.79 Å². The maximum absolute atomic E-state index is 11.8. The summed E-state index contributed by atoms with van der Waals surface area (Å²) in [6, 6.07) is 4.32. The molecule has 0 saturated carbocycles. The van der Waals surface area contributed by atoms with E-state index in [0.29, 0.717) is 11.6 Å². The van der Waals surface area contributed by atoms with Crippen LogP contribution in [0.3, 0.4) is 0 Å². The molecular weight excluding hydrogens is 273 g/mol. The molecule has 2 rings (SSSR count). The fourth-order valence-electron chi connectivity index (χ4n) is 2.03. The Bertz CT molecular complexity index is 362. The first-order valence-electron chi connectivity index (χ1n) is 5.70. The summed E-state index contributed by atoms with van der Waals surface area (Å²) in [5.41, 5.74) is 0.633. The van der Waals surface area contributed by atoms with Crippen LogP contribution in [0.1, 0.15) is 30.1 Å². The largest absolute Gasteiger partial charge is 0.349 e. The second-order valence-corrected chi connectivity index (χ2v) is 4.29. The van der Waals surface area contributed by atoms with Gasteiger partial charge in [0.05, 0.1) is 5.56 Å². The molecule has 2 atom stereocenters. The van der Waals surface area contributed by atoms with E-state index < -0.39 is 0 Å². The van der Waals surface area contributed by atoms with Crippen molar-refractivity contribution in [1.29, 1.82) is 0 Å². The Morgan fingerprint density at radius 1 is 1.50 bits per heavy atom. The number of piperidine rings is 1. The number of hydrogen-bond donors (Lipinski definition) is 2. The zero-order valence-electron chi connectivity index (χ0n) is 10.3. The van der Waals surface area contributed by atoms with Crippen molar-refractivity contribution in [2.45, 2.75) is 31.8 Å². The third-order valence-corrected chi connectivity index (χ3v) is 2.88. The highest BCUT2D eigenvalue weighted by Crippen LogP contribution is 2.09. The second kappa shape index (κ2) is 8.29. The molecule has 0 radical (unpaired) electrons. The predicted octanol–water partition coefficient (Wildman–Crippen LogP) is 1.80. The first kappa shape index (κ1) is 17.2. The summed E-state index contributed by atoms with van der Waals surface area (Å²) in [6.07, 6.45) is 5.26. The molecule has 0 aliphatic carbocycles. The molecule has 4 nitrogen and oxygen atoms in total. The van der Waals surface area contributed by atoms with Gasteiger partial charge in [-0.25, -0.2) is 0 Å². The maximum atomic E-state index is 11.8. The summed E-state index contributed by atoms with van der Waals surface area (Å²) < 4.78 is 0. The molecule has 0 aromatic carbocycles. The van der Waals surface area contributed by atoms with Gasteiger partial charge in [0.1, 0.15) is 0 Å². The summed E-state index contributed by atoms with van der Waals surface area (Å²) >= 11 is 0. The molecule has 1 aromatic rings. The van der Waals surface area contributed by atoms with Crippen LogP contribution < -0.4 is 10.6 Å². The van der Waals surface area contributed by atoms with Crippen LogP contribution in [0.5, 0.6) is 0 Å². The van der Waals surface area contributed by atoms with Crippen molar-refractivity contribution in [2.75, 3.05) is 6.54 Å². The Kier molecular flexibility index (Phi) is 7.91. The highest BCUT2D eigenvalue weighted by Gasteiger charge is 2.20. The van der Waals surface area contributed by atoms with Gasteiger partial charge in [-0.2, -0.15) is 0 Å². The van der Waals surface area contributed by atoms with E-state index in [1.54, 1.807) is 24.5 Å². The number of nitrogens with zero attached hydrogens (tertiary/aromatic N) is 1. The number of halogens is 2. The molecule has 2 N–H and O–H groups in total. The van der Waals surface area contributed by atoms with E-state index in [0.717, 1.165) is 19.4 Å². The summed E-state index contributed by atoms with van der Waals surface area (Å²) in [5.74, 6) is -0.0211. The van der Waals surface area contributed by atoms with Crippen molar-refractivity contribution in [3.8, 4) is 0 Å². The quantitative estimate of drug-likeness (QED) is 0.874. The number of pyridine rings is 1. The van der Waals surface area contributed by atoms with E-state index in [4.69, 9.17) is 0 Å². The van der Waals surface area contributed by atoms with Gasteiger partial charge in [0.2, 0.25) is 0 Å². The molecule has 18 heavy (non-hydrogen) atoms. The molecule has 1 aliphatic heterocycles. The van der Waals surface area contributed by atoms with E-state index >= 15 is 0 Å². The van der Waals surface area contributed by atoms with Gasteiger partial charge in [0.15, 0.2) is 0 Å². The van der Waals surface area contributed by atoms with Gasteiger partial charge >= 0.3 is 0 Å². The molecule has 1 aliphatic rings. The molecule has 102 valence electrons. The van der Waals surface area contributed by atoms with Gasteiger partial charge in [-0.05, 0) is 38.4 Å². The first-order chi connectivity index (χ1) is 7.75. The lowest BCUT2D eigenvalue weighted by Gasteiger charge is -2.28. The molecule has 1 aromatic heterocycles. The van der Waals surface area contributed by atoms with Gasteiger partial charge in [-0.3, -0.25) is 9.78 Å². The van der Waals surface area contributed by atoms with Crippen molar-refractivity contribution in [3.05, 3.63) is 30.1 Å². The molecular formula is C12H19Cl2N3O. The summed E-state index contributed by atoms with van der Waals surface area (Å²) in [7, 11) is 0. The number of carbonyl (C=O) groups is 1. The fourth-order valence-corrected chi connectivity index (χ4v) is 2.03. The van der Waals surface area contributed by atoms with Crippen molar-refractivity contribution >= 4 is 30.7 Å². The average Bonchev–Trinajstić information content (AvgIpc) is 2.30. The van der Waals surface area contributed by atoms with Crippen molar-refractivity contribution in [3.63, 3.8) is 0 Å². The lowest BCUT2D eigenvalue weighted by molar-refractivity contribution is 0.0925. The summed E-state index contributed by atoms with van der Waals surface area (Å²) in [4.78, 5) is 15.8. The predicted molar refractivity (Wildman–Crippen MR) is 76.7 cm³/mol. The van der Waals surface area contributed by atoms with E-state index in [1.807, 2.05) is 0 Å². The minimum Gasteiger partial charge on any atom is -0.349 e. The Labute approximate surface area is 120 Å². The van der Waals surface area contributed by atoms with Crippen LogP contribution in [0.4, 0.5) is 0 Å². The molecule has 6 heteroatoms. The lowest BCUT2D eigenvalue weighted by atomic mass is 10.0. The monoisotopic (exact) mass is 291 g/mol. The fraction of sp³-hybridized carbons (Fsp3) is 0.500. The third kappa shape index (κ3) is 4.80. The first-order valence-corrected chi connectivity index (χ1v) is 5.70. The SMILES string of the molecule is CC1CC(NC(=O)c2cccnc2)CCN1.Cl.Cl. The van der Waals surface area contributed by atoms with Crippen LogP contribution in [0, 0.1) is 0 Å². The van der Waals surface area contributed by atoms with Crippen LogP contribution in [0.25, 0.3) is 0 Å². The van der Waals surface area contributed by atoms with Crippen LogP contribution in [0.2, 0.25) is 0 Å². The summed E-state index contributed by atoms with van der Waals surface area (Å²) in [6.45, 7) is 3.11. The van der Waals surface area contributed by atoms with Gasteiger partial charge in [0.25, 0.3) is 5.91 Å². The Morgan fingerprint density at radius 3 is 2.89 bits per heavy atom. The topological polar surface area (TPSA) is 54.0 Å². The van der Waals surface area contributed by atoms with Gasteiger partial charge < -0.3 is 10.6 Å². The third-order valence-electron chi connectivity index (χ3n) is 2.88. The van der Waals surface area contributed by atoms with Crippen molar-refractivity contribution < 1.29 is 4.79 Å². The average molecular weight is 292 g/mol. The number of rotatable bonds is 2. The zero-order chi connectivity index (χ0) is 11.4. The van der Waals surface area contributed by atoms with Crippen LogP contribution in [-0.4, -0.2) is 29.5 Å². The number of hydrogen-bond acceptors (Lipinski definition) is 3. The molecule has 1 amide bonds.